The summed E-state index contributed by atoms with van der Waals surface area (Å²) in [5, 5.41) is 3.16. The van der Waals surface area contributed by atoms with Crippen LogP contribution in [0.2, 0.25) is 0 Å². The maximum Gasteiger partial charge on any atom is 0.224 e. The zero-order valence-corrected chi connectivity index (χ0v) is 14.2. The number of hydrogen-bond donors (Lipinski definition) is 1. The van der Waals surface area contributed by atoms with Gasteiger partial charge >= 0.3 is 0 Å². The summed E-state index contributed by atoms with van der Waals surface area (Å²) in [5.41, 5.74) is 0. The molecule has 0 unspecified atom stereocenters. The number of likely N-dealkylation sites (tertiary alicyclic amines) is 1. The van der Waals surface area contributed by atoms with Crippen LogP contribution in [0.1, 0.15) is 45.4 Å². The van der Waals surface area contributed by atoms with E-state index in [1.165, 1.54) is 38.8 Å². The lowest BCUT2D eigenvalue weighted by molar-refractivity contribution is -0.125. The minimum absolute atomic E-state index is 0.0421. The Morgan fingerprint density at radius 3 is 2.50 bits per heavy atom. The van der Waals surface area contributed by atoms with E-state index in [1.807, 2.05) is 24.6 Å². The smallest absolute Gasteiger partial charge is 0.224 e. The van der Waals surface area contributed by atoms with E-state index in [4.69, 9.17) is 0 Å². The maximum absolute atomic E-state index is 12.3. The van der Waals surface area contributed by atoms with Crippen molar-refractivity contribution in [1.82, 2.24) is 19.8 Å². The molecule has 0 radical (unpaired) electrons. The van der Waals surface area contributed by atoms with Gasteiger partial charge in [0.05, 0.1) is 5.92 Å². The molecule has 2 rings (SSSR count). The minimum atomic E-state index is -0.0421. The van der Waals surface area contributed by atoms with Crippen LogP contribution in [0.5, 0.6) is 0 Å². The van der Waals surface area contributed by atoms with Crippen molar-refractivity contribution in [3.05, 3.63) is 18.2 Å². The summed E-state index contributed by atoms with van der Waals surface area (Å²) in [6.45, 7) is 10.0. The molecule has 1 aliphatic heterocycles. The Hall–Kier alpha value is -1.36. The highest BCUT2D eigenvalue weighted by Crippen LogP contribution is 2.10. The van der Waals surface area contributed by atoms with E-state index in [0.717, 1.165) is 12.4 Å². The second-order valence-corrected chi connectivity index (χ2v) is 6.65. The Labute approximate surface area is 134 Å². The highest BCUT2D eigenvalue weighted by Gasteiger charge is 2.18. The number of aryl methyl sites for hydroxylation is 1. The predicted molar refractivity (Wildman–Crippen MR) is 88.6 cm³/mol. The predicted octanol–water partition coefficient (Wildman–Crippen LogP) is 2.21. The standard InChI is InChI=1S/C17H30N4O/c1-14(12-21-11-8-18-16(21)3)17(22)19-15(2)13-20-9-6-4-5-7-10-20/h8,11,14-15H,4-7,9-10,12-13H2,1-3H3,(H,19,22)/t14-,15-/m0/s1. The third-order valence-electron chi connectivity index (χ3n) is 4.46. The molecule has 0 aliphatic carbocycles. The van der Waals surface area contributed by atoms with Crippen LogP contribution in [-0.4, -0.2) is 46.0 Å². The van der Waals surface area contributed by atoms with Gasteiger partial charge in [-0.05, 0) is 39.8 Å². The summed E-state index contributed by atoms with van der Waals surface area (Å²) in [4.78, 5) is 19.0. The number of nitrogens with zero attached hydrogens (tertiary/aromatic N) is 3. The largest absolute Gasteiger partial charge is 0.352 e. The Balaban J connectivity index is 1.76. The monoisotopic (exact) mass is 306 g/mol. The van der Waals surface area contributed by atoms with E-state index in [9.17, 15) is 4.79 Å². The van der Waals surface area contributed by atoms with Gasteiger partial charge in [-0.3, -0.25) is 4.79 Å². The van der Waals surface area contributed by atoms with E-state index in [-0.39, 0.29) is 17.9 Å². The molecule has 0 bridgehead atoms. The molecule has 2 heterocycles. The summed E-state index contributed by atoms with van der Waals surface area (Å²) in [7, 11) is 0. The van der Waals surface area contributed by atoms with Gasteiger partial charge in [0, 0.05) is 31.5 Å². The van der Waals surface area contributed by atoms with Crippen molar-refractivity contribution in [1.29, 1.82) is 0 Å². The first-order chi connectivity index (χ1) is 10.6. The molecular weight excluding hydrogens is 276 g/mol. The van der Waals surface area contributed by atoms with Crippen molar-refractivity contribution in [3.8, 4) is 0 Å². The van der Waals surface area contributed by atoms with Crippen molar-refractivity contribution in [2.24, 2.45) is 5.92 Å². The van der Waals surface area contributed by atoms with Crippen molar-refractivity contribution >= 4 is 5.91 Å². The SMILES string of the molecule is Cc1nccn1C[C@H](C)C(=O)N[C@@H](C)CN1CCCCCC1. The van der Waals surface area contributed by atoms with Gasteiger partial charge in [-0.15, -0.1) is 0 Å². The Kier molecular flexibility index (Phi) is 6.43. The minimum Gasteiger partial charge on any atom is -0.352 e. The average molecular weight is 306 g/mol. The Morgan fingerprint density at radius 2 is 1.91 bits per heavy atom. The molecule has 1 saturated heterocycles. The average Bonchev–Trinajstić information content (AvgIpc) is 2.73. The molecule has 0 spiro atoms. The van der Waals surface area contributed by atoms with Gasteiger partial charge < -0.3 is 14.8 Å². The number of hydrogen-bond acceptors (Lipinski definition) is 3. The highest BCUT2D eigenvalue weighted by molar-refractivity contribution is 5.78. The van der Waals surface area contributed by atoms with Crippen LogP contribution in [-0.2, 0) is 11.3 Å². The molecule has 22 heavy (non-hydrogen) atoms. The number of nitrogens with one attached hydrogen (secondary N) is 1. The fourth-order valence-corrected chi connectivity index (χ4v) is 3.11. The number of amides is 1. The Morgan fingerprint density at radius 1 is 1.23 bits per heavy atom. The molecule has 1 amide bonds. The maximum atomic E-state index is 12.3. The Bertz CT molecular complexity index is 463. The van der Waals surface area contributed by atoms with E-state index >= 15 is 0 Å². The van der Waals surface area contributed by atoms with E-state index in [2.05, 4.69) is 22.1 Å². The van der Waals surface area contributed by atoms with Gasteiger partial charge in [-0.25, -0.2) is 4.98 Å². The molecule has 2 atom stereocenters. The van der Waals surface area contributed by atoms with Crippen LogP contribution in [0.4, 0.5) is 0 Å². The number of carbonyl (C=O) groups excluding carboxylic acids is 1. The molecule has 0 saturated carbocycles. The van der Waals surface area contributed by atoms with Crippen molar-refractivity contribution in [2.75, 3.05) is 19.6 Å². The first kappa shape index (κ1) is 17.0. The summed E-state index contributed by atoms with van der Waals surface area (Å²) < 4.78 is 2.03. The fraction of sp³-hybridized carbons (Fsp3) is 0.765. The van der Waals surface area contributed by atoms with Crippen molar-refractivity contribution in [2.45, 2.75) is 59.0 Å². The van der Waals surface area contributed by atoms with Crippen molar-refractivity contribution < 1.29 is 4.79 Å². The molecule has 124 valence electrons. The normalized spacial score (nSPS) is 19.4. The molecule has 1 N–H and O–H groups in total. The zero-order chi connectivity index (χ0) is 15.9. The van der Waals surface area contributed by atoms with Crippen LogP contribution in [0.25, 0.3) is 0 Å². The number of imidazole rings is 1. The fourth-order valence-electron chi connectivity index (χ4n) is 3.11. The molecule has 1 fully saturated rings. The molecular formula is C17H30N4O. The quantitative estimate of drug-likeness (QED) is 0.876. The molecule has 5 heteroatoms. The van der Waals surface area contributed by atoms with E-state index in [0.29, 0.717) is 6.54 Å². The number of carbonyl (C=O) groups is 1. The number of rotatable bonds is 6. The molecule has 1 aromatic heterocycles. The third-order valence-corrected chi connectivity index (χ3v) is 4.46. The lowest BCUT2D eigenvalue weighted by atomic mass is 10.1. The molecule has 5 nitrogen and oxygen atoms in total. The second-order valence-electron chi connectivity index (χ2n) is 6.65. The number of aromatic nitrogens is 2. The van der Waals surface area contributed by atoms with Gasteiger partial charge in [0.15, 0.2) is 0 Å². The van der Waals surface area contributed by atoms with Gasteiger partial charge in [-0.1, -0.05) is 19.8 Å². The van der Waals surface area contributed by atoms with Gasteiger partial charge in [0.25, 0.3) is 0 Å². The summed E-state index contributed by atoms with van der Waals surface area (Å²) in [5.74, 6) is 1.05. The van der Waals surface area contributed by atoms with Crippen LogP contribution >= 0.6 is 0 Å². The first-order valence-corrected chi connectivity index (χ1v) is 8.56. The zero-order valence-electron chi connectivity index (χ0n) is 14.2. The summed E-state index contributed by atoms with van der Waals surface area (Å²) in [6, 6.07) is 0.205. The van der Waals surface area contributed by atoms with E-state index in [1.54, 1.807) is 6.20 Å². The summed E-state index contributed by atoms with van der Waals surface area (Å²) in [6.07, 6.45) is 8.98. The highest BCUT2D eigenvalue weighted by atomic mass is 16.1. The van der Waals surface area contributed by atoms with Crippen LogP contribution in [0.15, 0.2) is 12.4 Å². The van der Waals surface area contributed by atoms with Crippen LogP contribution in [0.3, 0.4) is 0 Å². The van der Waals surface area contributed by atoms with Gasteiger partial charge in [0.2, 0.25) is 5.91 Å². The topological polar surface area (TPSA) is 50.2 Å². The van der Waals surface area contributed by atoms with Crippen LogP contribution < -0.4 is 5.32 Å². The lowest BCUT2D eigenvalue weighted by Crippen LogP contribution is -2.44. The third kappa shape index (κ3) is 5.13. The van der Waals surface area contributed by atoms with Gasteiger partial charge in [-0.2, -0.15) is 0 Å². The molecule has 1 aromatic rings. The molecule has 0 aromatic carbocycles. The summed E-state index contributed by atoms with van der Waals surface area (Å²) >= 11 is 0. The lowest BCUT2D eigenvalue weighted by Gasteiger charge is -2.25. The van der Waals surface area contributed by atoms with Crippen molar-refractivity contribution in [3.63, 3.8) is 0 Å². The first-order valence-electron chi connectivity index (χ1n) is 8.56. The van der Waals surface area contributed by atoms with E-state index < -0.39 is 0 Å². The second kappa shape index (κ2) is 8.32. The molecule has 1 aliphatic rings. The van der Waals surface area contributed by atoms with Crippen LogP contribution in [0, 0.1) is 12.8 Å². The van der Waals surface area contributed by atoms with Gasteiger partial charge in [0.1, 0.15) is 5.82 Å².